The number of nitro benzene ring substituents is 1. The molecule has 0 amide bonds. The number of nitrogens with zero attached hydrogens (tertiary/aromatic N) is 1. The first-order chi connectivity index (χ1) is 10.7. The number of hydrogen-bond donors (Lipinski definition) is 0. The molecule has 0 radical (unpaired) electrons. The van der Waals surface area contributed by atoms with Gasteiger partial charge in [-0.1, -0.05) is 24.3 Å². The van der Waals surface area contributed by atoms with E-state index in [0.717, 1.165) is 11.3 Å². The average molecular weight is 333 g/mol. The van der Waals surface area contributed by atoms with Crippen molar-refractivity contribution in [2.75, 3.05) is 11.5 Å². The van der Waals surface area contributed by atoms with Gasteiger partial charge in [-0.25, -0.2) is 0 Å². The van der Waals surface area contributed by atoms with Gasteiger partial charge in [0.2, 0.25) is 0 Å². The van der Waals surface area contributed by atoms with Crippen LogP contribution in [0.2, 0.25) is 0 Å². The van der Waals surface area contributed by atoms with Crippen LogP contribution in [-0.2, 0) is 6.61 Å². The molecule has 114 valence electrons. The van der Waals surface area contributed by atoms with Crippen LogP contribution in [0.15, 0.2) is 48.5 Å². The second-order valence-corrected chi connectivity index (χ2v) is 7.58. The van der Waals surface area contributed by atoms with Crippen LogP contribution in [0.5, 0.6) is 5.75 Å². The number of benzene rings is 2. The molecule has 0 saturated carbocycles. The van der Waals surface area contributed by atoms with E-state index in [-0.39, 0.29) is 5.69 Å². The highest BCUT2D eigenvalue weighted by Crippen LogP contribution is 2.45. The van der Waals surface area contributed by atoms with Crippen LogP contribution >= 0.6 is 23.5 Å². The summed E-state index contributed by atoms with van der Waals surface area (Å²) >= 11 is 3.95. The van der Waals surface area contributed by atoms with Crippen molar-refractivity contribution in [1.82, 2.24) is 0 Å². The van der Waals surface area contributed by atoms with Crippen molar-refractivity contribution in [2.45, 2.75) is 11.2 Å². The van der Waals surface area contributed by atoms with E-state index in [1.165, 1.54) is 23.1 Å². The van der Waals surface area contributed by atoms with Crippen LogP contribution in [0.25, 0.3) is 0 Å². The molecule has 1 aliphatic rings. The Labute approximate surface area is 137 Å². The highest BCUT2D eigenvalue weighted by atomic mass is 32.2. The van der Waals surface area contributed by atoms with E-state index in [0.29, 0.717) is 11.2 Å². The Hall–Kier alpha value is -1.66. The maximum absolute atomic E-state index is 10.8. The number of nitro groups is 1. The molecule has 1 aliphatic heterocycles. The maximum atomic E-state index is 10.8. The summed E-state index contributed by atoms with van der Waals surface area (Å²) in [5.41, 5.74) is 2.20. The van der Waals surface area contributed by atoms with E-state index in [2.05, 4.69) is 12.1 Å². The minimum atomic E-state index is -0.394. The first kappa shape index (κ1) is 15.2. The van der Waals surface area contributed by atoms with E-state index in [1.54, 1.807) is 12.1 Å². The lowest BCUT2D eigenvalue weighted by Gasteiger charge is -2.10. The zero-order valence-corrected chi connectivity index (χ0v) is 13.4. The molecule has 0 atom stereocenters. The number of ether oxygens (including phenoxy) is 1. The second kappa shape index (κ2) is 7.07. The summed E-state index contributed by atoms with van der Waals surface area (Å²) in [5, 5.41) is 10.8. The average Bonchev–Trinajstić information content (AvgIpc) is 3.08. The number of rotatable bonds is 5. The molecule has 3 rings (SSSR count). The third kappa shape index (κ3) is 3.75. The van der Waals surface area contributed by atoms with E-state index < -0.39 is 4.92 Å². The van der Waals surface area contributed by atoms with Crippen LogP contribution in [0.1, 0.15) is 15.7 Å². The molecule has 0 bridgehead atoms. The predicted octanol–water partition coefficient (Wildman–Crippen LogP) is 4.65. The van der Waals surface area contributed by atoms with Crippen molar-refractivity contribution < 1.29 is 9.66 Å². The summed E-state index contributed by atoms with van der Waals surface area (Å²) in [7, 11) is 0. The molecule has 0 aromatic heterocycles. The van der Waals surface area contributed by atoms with Crippen molar-refractivity contribution in [3.05, 3.63) is 69.8 Å². The Morgan fingerprint density at radius 2 is 1.86 bits per heavy atom. The molecular formula is C16H15NO3S2. The third-order valence-corrected chi connectivity index (χ3v) is 6.41. The van der Waals surface area contributed by atoms with Gasteiger partial charge in [-0.15, -0.1) is 23.5 Å². The van der Waals surface area contributed by atoms with Gasteiger partial charge in [0.15, 0.2) is 0 Å². The van der Waals surface area contributed by atoms with Gasteiger partial charge in [0.25, 0.3) is 5.69 Å². The Morgan fingerprint density at radius 3 is 2.55 bits per heavy atom. The lowest BCUT2D eigenvalue weighted by molar-refractivity contribution is -0.384. The maximum Gasteiger partial charge on any atom is 0.269 e. The highest BCUT2D eigenvalue weighted by molar-refractivity contribution is 8.19. The molecule has 0 unspecified atom stereocenters. The van der Waals surface area contributed by atoms with Gasteiger partial charge in [-0.3, -0.25) is 10.1 Å². The van der Waals surface area contributed by atoms with Gasteiger partial charge >= 0.3 is 0 Å². The minimum Gasteiger partial charge on any atom is -0.489 e. The van der Waals surface area contributed by atoms with Gasteiger partial charge in [0.05, 0.1) is 9.51 Å². The summed E-state index contributed by atoms with van der Waals surface area (Å²) in [6, 6.07) is 14.6. The predicted molar refractivity (Wildman–Crippen MR) is 91.5 cm³/mol. The van der Waals surface area contributed by atoms with Crippen molar-refractivity contribution >= 4 is 29.2 Å². The summed E-state index contributed by atoms with van der Waals surface area (Å²) in [6.07, 6.45) is 0. The SMILES string of the molecule is O=[N+]([O-])c1cccc(COc2ccc(C3SCCS3)cc2)c1. The van der Waals surface area contributed by atoms with Crippen LogP contribution < -0.4 is 4.74 Å². The zero-order chi connectivity index (χ0) is 15.4. The van der Waals surface area contributed by atoms with Crippen LogP contribution in [-0.4, -0.2) is 16.4 Å². The van der Waals surface area contributed by atoms with Crippen LogP contribution in [0.3, 0.4) is 0 Å². The minimum absolute atomic E-state index is 0.0896. The summed E-state index contributed by atoms with van der Waals surface area (Å²) < 4.78 is 6.24. The Kier molecular flexibility index (Phi) is 4.90. The highest BCUT2D eigenvalue weighted by Gasteiger charge is 2.17. The Morgan fingerprint density at radius 1 is 1.14 bits per heavy atom. The van der Waals surface area contributed by atoms with Gasteiger partial charge in [-0.2, -0.15) is 0 Å². The standard InChI is InChI=1S/C16H15NO3S2/c18-17(19)14-3-1-2-12(10-14)11-20-15-6-4-13(5-7-15)16-21-8-9-22-16/h1-7,10,16H,8-9,11H2. The van der Waals surface area contributed by atoms with E-state index >= 15 is 0 Å². The molecular weight excluding hydrogens is 318 g/mol. The van der Waals surface area contributed by atoms with Crippen molar-refractivity contribution in [3.8, 4) is 5.75 Å². The van der Waals surface area contributed by atoms with Gasteiger partial charge in [-0.05, 0) is 23.3 Å². The molecule has 0 spiro atoms. The third-order valence-electron chi connectivity index (χ3n) is 3.30. The largest absolute Gasteiger partial charge is 0.489 e. The summed E-state index contributed by atoms with van der Waals surface area (Å²) in [5.74, 6) is 3.20. The first-order valence-corrected chi connectivity index (χ1v) is 9.01. The van der Waals surface area contributed by atoms with Crippen LogP contribution in [0, 0.1) is 10.1 Å². The van der Waals surface area contributed by atoms with Crippen molar-refractivity contribution in [1.29, 1.82) is 0 Å². The fraction of sp³-hybridized carbons (Fsp3) is 0.250. The topological polar surface area (TPSA) is 52.4 Å². The van der Waals surface area contributed by atoms with E-state index in [9.17, 15) is 10.1 Å². The van der Waals surface area contributed by atoms with E-state index in [1.807, 2.05) is 41.7 Å². The van der Waals surface area contributed by atoms with Crippen molar-refractivity contribution in [2.24, 2.45) is 0 Å². The Bertz CT molecular complexity index is 655. The smallest absolute Gasteiger partial charge is 0.269 e. The molecule has 0 aliphatic carbocycles. The monoisotopic (exact) mass is 333 g/mol. The van der Waals surface area contributed by atoms with Gasteiger partial charge in [0.1, 0.15) is 12.4 Å². The fourth-order valence-corrected chi connectivity index (χ4v) is 5.06. The quantitative estimate of drug-likeness (QED) is 0.589. The molecule has 2 aromatic rings. The van der Waals surface area contributed by atoms with Gasteiger partial charge in [0, 0.05) is 23.6 Å². The summed E-state index contributed by atoms with van der Waals surface area (Å²) in [4.78, 5) is 10.4. The molecule has 1 heterocycles. The molecule has 2 aromatic carbocycles. The lowest BCUT2D eigenvalue weighted by Crippen LogP contribution is -1.97. The molecule has 22 heavy (non-hydrogen) atoms. The lowest BCUT2D eigenvalue weighted by atomic mass is 10.2. The summed E-state index contributed by atoms with van der Waals surface area (Å²) in [6.45, 7) is 0.327. The molecule has 6 heteroatoms. The second-order valence-electron chi connectivity index (χ2n) is 4.86. The number of non-ortho nitro benzene ring substituents is 1. The normalized spacial score (nSPS) is 14.9. The zero-order valence-electron chi connectivity index (χ0n) is 11.8. The molecule has 4 nitrogen and oxygen atoms in total. The number of hydrogen-bond acceptors (Lipinski definition) is 5. The number of thioether (sulfide) groups is 2. The van der Waals surface area contributed by atoms with Crippen molar-refractivity contribution in [3.63, 3.8) is 0 Å². The van der Waals surface area contributed by atoms with Crippen LogP contribution in [0.4, 0.5) is 5.69 Å². The molecule has 1 fully saturated rings. The van der Waals surface area contributed by atoms with E-state index in [4.69, 9.17) is 4.74 Å². The molecule has 1 saturated heterocycles. The molecule has 0 N–H and O–H groups in total. The fourth-order valence-electron chi connectivity index (χ4n) is 2.20. The first-order valence-electron chi connectivity index (χ1n) is 6.92. The van der Waals surface area contributed by atoms with Gasteiger partial charge < -0.3 is 4.74 Å². The Balaban J connectivity index is 1.61.